The SMILES string of the molecule is C1=NCCN1.C1=NCCO1.C1=NCCS1.C1=NNCC1.C1=NOCC1.C1=NSCC1.C1CCNC1.C1CCOC1.C1CCSC1.C1COCN1.C1COCO1.C1CSCS1.CC.CC.CC.CC.CC.CC.CC.CC.CC.CC.CC.CC.CC.CC.CC.CC.CC.CC.CC.CC.CC.CC.CC.CC.CC.CC.O=C1NCCN1. The maximum Gasteiger partial charge on any atom is 0.314 e. The second-order valence-corrected chi connectivity index (χ2v) is 19.4. The Hall–Kier alpha value is -2.00. The molecule has 0 aliphatic carbocycles. The van der Waals surface area contributed by atoms with Gasteiger partial charge in [-0.15, -0.1) is 11.8 Å². The van der Waals surface area contributed by atoms with E-state index in [1.54, 1.807) is 36.3 Å². The van der Waals surface area contributed by atoms with Crippen molar-refractivity contribution in [3.05, 3.63) is 0 Å². The van der Waals surface area contributed by atoms with Gasteiger partial charge in [0, 0.05) is 112 Å². The second-order valence-electron chi connectivity index (χ2n) is 13.8. The Bertz CT molecular complexity index is 915. The van der Waals surface area contributed by atoms with Crippen LogP contribution in [0.5, 0.6) is 0 Å². The van der Waals surface area contributed by atoms with E-state index >= 15 is 0 Å². The summed E-state index contributed by atoms with van der Waals surface area (Å²) in [7, 11) is 0. The summed E-state index contributed by atoms with van der Waals surface area (Å²) in [5.74, 6) is 7.98. The third kappa shape index (κ3) is 345. The van der Waals surface area contributed by atoms with Gasteiger partial charge in [-0.05, 0) is 81.5 Å². The number of hydrazone groups is 1. The number of ether oxygens (including phenoxy) is 5. The standard InChI is InChI=1S/C4H9N.C4H8O.C4H8S.C3H6N2O.2C3H6N2.C3H7NO.2C3H5NO.2C3H5NS.C3H6O2.C3H6S2.26C2H6/c3*1-2-4-5-3-1;6-3-4-1-2-5-3;1-2-5-3-4-1;1-2-4-5-3-1;2*1-2-5-3-4-1;1-2-4-5-3-1;1-2-5-3-4-1;1-2-4-5-3-1;2*1-2-5-3-4-1;26*1-2/h5H,1-4H2;2*1-4H2;1-2H2,(H2,4,5,6);3H,1-2H2,(H,4,5);2,5H,1,3H2;4H,1-3H2;3H,1-2H2;2H,1,3H2;3H,1-2H2;2H,1,3H2;2*1-3H2;26*1-2H3. The van der Waals surface area contributed by atoms with Crippen LogP contribution in [-0.2, 0) is 28.5 Å². The lowest BCUT2D eigenvalue weighted by molar-refractivity contribution is 0.0692. The number of rotatable bonds is 0. The van der Waals surface area contributed by atoms with Crippen LogP contribution in [0.1, 0.15) is 418 Å². The minimum absolute atomic E-state index is 0.0463. The van der Waals surface area contributed by atoms with Gasteiger partial charge in [-0.1, -0.05) is 365 Å². The number of nitrogens with zero attached hydrogens (tertiary/aromatic N) is 6. The molecule has 0 saturated carbocycles. The van der Waals surface area contributed by atoms with Crippen molar-refractivity contribution in [1.82, 2.24) is 32.0 Å². The molecule has 0 aromatic carbocycles. The van der Waals surface area contributed by atoms with Crippen molar-refractivity contribution >= 4 is 102 Å². The fraction of sp³-hybridized carbons (Fsp3) is 0.926. The first-order valence-electron chi connectivity index (χ1n) is 49.3. The van der Waals surface area contributed by atoms with Crippen LogP contribution in [0.3, 0.4) is 0 Å². The number of hydrogen-bond acceptors (Lipinski definition) is 22. The quantitative estimate of drug-likeness (QED) is 0.124. The number of amides is 2. The maximum absolute atomic E-state index is 10.0. The first kappa shape index (κ1) is 189. The largest absolute Gasteiger partial charge is 0.482 e. The van der Waals surface area contributed by atoms with E-state index < -0.39 is 0 Å². The van der Waals surface area contributed by atoms with E-state index in [4.69, 9.17) is 18.9 Å². The van der Waals surface area contributed by atoms with E-state index in [1.165, 1.54) is 104 Å². The molecule has 13 aliphatic heterocycles. The highest BCUT2D eigenvalue weighted by atomic mass is 32.2. The van der Waals surface area contributed by atoms with Gasteiger partial charge in [0.25, 0.3) is 0 Å². The number of aliphatic imine (C=N–C) groups is 3. The van der Waals surface area contributed by atoms with Crippen LogP contribution in [0.4, 0.5) is 4.79 Å². The summed E-state index contributed by atoms with van der Waals surface area (Å²) in [5.41, 5.74) is 4.69. The summed E-state index contributed by atoms with van der Waals surface area (Å²) in [5, 5.41) is 22.8. The average molecular weight is 1810 g/mol. The summed E-state index contributed by atoms with van der Waals surface area (Å²) < 4.78 is 27.8. The van der Waals surface area contributed by atoms with Gasteiger partial charge in [0.1, 0.15) is 20.0 Å². The number of nitrogens with one attached hydrogen (secondary N) is 6. The van der Waals surface area contributed by atoms with Gasteiger partial charge in [-0.3, -0.25) is 20.3 Å². The van der Waals surface area contributed by atoms with Crippen LogP contribution in [0.25, 0.3) is 0 Å². The van der Waals surface area contributed by atoms with Gasteiger partial charge in [-0.25, -0.2) is 9.19 Å². The van der Waals surface area contributed by atoms with Crippen molar-refractivity contribution in [2.45, 2.75) is 418 Å². The fourth-order valence-corrected chi connectivity index (χ4v) is 9.14. The highest BCUT2D eigenvalue weighted by Crippen LogP contribution is 2.20. The first-order valence-corrected chi connectivity index (χ1v) is 54.8. The fourth-order valence-electron chi connectivity index (χ4n) is 4.71. The molecule has 0 aromatic rings. The highest BCUT2D eigenvalue weighted by molar-refractivity contribution is 8.19. The topological polar surface area (TPSA) is 219 Å². The smallest absolute Gasteiger partial charge is 0.314 e. The lowest BCUT2D eigenvalue weighted by Crippen LogP contribution is -2.20. The van der Waals surface area contributed by atoms with E-state index in [0.29, 0.717) is 6.79 Å². The van der Waals surface area contributed by atoms with Gasteiger partial charge in [0.05, 0.1) is 51.5 Å². The molecule has 118 heavy (non-hydrogen) atoms. The molecule has 7 fully saturated rings. The molecule has 0 radical (unpaired) electrons. The maximum atomic E-state index is 10.0. The zero-order chi connectivity index (χ0) is 98.8. The number of hydrogen-bond donors (Lipinski definition) is 6. The molecule has 7 saturated heterocycles. The van der Waals surface area contributed by atoms with E-state index in [9.17, 15) is 4.79 Å². The Morgan fingerprint density at radius 3 is 0.890 bits per heavy atom. The predicted molar refractivity (Wildman–Crippen MR) is 583 cm³/mol. The normalized spacial score (nSPS) is 13.4. The Morgan fingerprint density at radius 1 is 0.331 bits per heavy atom. The molecule has 13 rings (SSSR count). The molecule has 13 heterocycles. The molecule has 2 amide bonds. The Kier molecular flexibility index (Phi) is 568. The van der Waals surface area contributed by atoms with Crippen molar-refractivity contribution in [3.63, 3.8) is 0 Å². The summed E-state index contributed by atoms with van der Waals surface area (Å²) in [6.45, 7) is 121. The number of carbonyl (C=O) groups excluding carboxylic acids is 1. The molecular weight excluding hydrogens is 1570 g/mol. The number of thioether (sulfide) groups is 4. The molecule has 19 nitrogen and oxygen atoms in total. The average Bonchev–Trinajstić information content (AvgIpc) is 1.90. The third-order valence-electron chi connectivity index (χ3n) is 8.10. The summed E-state index contributed by atoms with van der Waals surface area (Å²) >= 11 is 9.57. The van der Waals surface area contributed by atoms with Gasteiger partial charge >= 0.3 is 6.03 Å². The highest BCUT2D eigenvalue weighted by Gasteiger charge is 2.03. The van der Waals surface area contributed by atoms with Crippen LogP contribution in [0, 0.1) is 0 Å². The molecular formula is C94H238N12O7S5. The Balaban J connectivity index is -0.0000000310. The van der Waals surface area contributed by atoms with Crippen molar-refractivity contribution in [2.24, 2.45) is 29.6 Å². The van der Waals surface area contributed by atoms with Gasteiger partial charge < -0.3 is 55.2 Å². The number of oxime groups is 1. The molecule has 0 bridgehead atoms. The first-order chi connectivity index (χ1) is 58.9. The molecule has 13 aliphatic rings. The molecule has 24 heteroatoms. The van der Waals surface area contributed by atoms with Crippen LogP contribution < -0.4 is 32.0 Å². The van der Waals surface area contributed by atoms with Crippen molar-refractivity contribution in [1.29, 1.82) is 0 Å². The third-order valence-corrected chi connectivity index (χ3v) is 13.3. The van der Waals surface area contributed by atoms with Crippen molar-refractivity contribution < 1.29 is 33.3 Å². The lowest BCUT2D eigenvalue weighted by Gasteiger charge is -1.80. The number of urea groups is 1. The van der Waals surface area contributed by atoms with Gasteiger partial charge in [0.2, 0.25) is 0 Å². The lowest BCUT2D eigenvalue weighted by atomic mass is 10.4. The molecule has 0 unspecified atom stereocenters. The number of carbonyl (C=O) groups is 1. The molecule has 746 valence electrons. The summed E-state index contributed by atoms with van der Waals surface area (Å²) in [4.78, 5) is 26.0. The molecule has 0 aromatic heterocycles. The van der Waals surface area contributed by atoms with E-state index in [0.717, 1.165) is 118 Å². The monoisotopic (exact) mass is 1810 g/mol. The summed E-state index contributed by atoms with van der Waals surface area (Å²) in [6, 6.07) is -0.0463. The van der Waals surface area contributed by atoms with Crippen LogP contribution in [0.2, 0.25) is 0 Å². The zero-order valence-electron chi connectivity index (χ0n) is 91.3. The van der Waals surface area contributed by atoms with E-state index in [-0.39, 0.29) is 6.03 Å². The van der Waals surface area contributed by atoms with Crippen molar-refractivity contribution in [3.8, 4) is 0 Å². The van der Waals surface area contributed by atoms with Crippen LogP contribution >= 0.6 is 59.0 Å². The second kappa shape index (κ2) is 354. The summed E-state index contributed by atoms with van der Waals surface area (Å²) in [6.07, 6.45) is 20.3. The van der Waals surface area contributed by atoms with Gasteiger partial charge in [0.15, 0.2) is 6.40 Å². The minimum atomic E-state index is -0.0463. The molecule has 6 N–H and O–H groups in total. The zero-order valence-corrected chi connectivity index (χ0v) is 95.4. The minimum Gasteiger partial charge on any atom is -0.482 e. The van der Waals surface area contributed by atoms with Crippen molar-refractivity contribution in [2.75, 3.05) is 165 Å². The molecule has 0 atom stereocenters. The predicted octanol–water partition coefficient (Wildman–Crippen LogP) is 31.5. The Morgan fingerprint density at radius 2 is 0.780 bits per heavy atom. The molecule has 0 spiro atoms. The Labute approximate surface area is 774 Å². The van der Waals surface area contributed by atoms with Crippen LogP contribution in [-0.4, -0.2) is 208 Å². The van der Waals surface area contributed by atoms with Gasteiger partial charge in [-0.2, -0.15) is 40.4 Å². The van der Waals surface area contributed by atoms with Crippen LogP contribution in [0.15, 0.2) is 29.6 Å². The van der Waals surface area contributed by atoms with E-state index in [1.807, 2.05) is 402 Å². The van der Waals surface area contributed by atoms with E-state index in [2.05, 4.69) is 83.0 Å².